The molecule has 2 N–H and O–H groups in total. The summed E-state index contributed by atoms with van der Waals surface area (Å²) < 4.78 is 0. The van der Waals surface area contributed by atoms with Crippen LogP contribution < -0.4 is 10.6 Å². The standard InChI is InChI=1S/C19H16ClN3O2S/c20-15-8-6-13(7-9-15)11-21-17(24)10-16-12-26-19(22-16)23-18(25)14-4-2-1-3-5-14/h1-9,12H,10-11H2,(H,21,24)(H,22,23,25). The highest BCUT2D eigenvalue weighted by Gasteiger charge is 2.11. The van der Waals surface area contributed by atoms with E-state index in [0.29, 0.717) is 28.0 Å². The Morgan fingerprint density at radius 3 is 2.50 bits per heavy atom. The van der Waals surface area contributed by atoms with Crippen LogP contribution in [0.15, 0.2) is 60.0 Å². The second kappa shape index (κ2) is 8.60. The van der Waals surface area contributed by atoms with Gasteiger partial charge in [-0.1, -0.05) is 41.9 Å². The monoisotopic (exact) mass is 385 g/mol. The van der Waals surface area contributed by atoms with Crippen LogP contribution in [0.3, 0.4) is 0 Å². The van der Waals surface area contributed by atoms with Crippen LogP contribution in [-0.2, 0) is 17.8 Å². The molecule has 5 nitrogen and oxygen atoms in total. The second-order valence-corrected chi connectivity index (χ2v) is 6.84. The predicted molar refractivity (Wildman–Crippen MR) is 104 cm³/mol. The summed E-state index contributed by atoms with van der Waals surface area (Å²) in [5.74, 6) is -0.357. The van der Waals surface area contributed by atoms with Gasteiger partial charge in [0.05, 0.1) is 12.1 Å². The fraction of sp³-hybridized carbons (Fsp3) is 0.105. The van der Waals surface area contributed by atoms with Gasteiger partial charge in [-0.15, -0.1) is 11.3 Å². The molecular weight excluding hydrogens is 370 g/mol. The number of aromatic nitrogens is 1. The Kier molecular flexibility index (Phi) is 5.99. The molecule has 1 aromatic heterocycles. The van der Waals surface area contributed by atoms with Crippen molar-refractivity contribution < 1.29 is 9.59 Å². The van der Waals surface area contributed by atoms with Gasteiger partial charge in [-0.3, -0.25) is 14.9 Å². The molecule has 0 aliphatic carbocycles. The highest BCUT2D eigenvalue weighted by atomic mass is 35.5. The molecular formula is C19H16ClN3O2S. The normalized spacial score (nSPS) is 10.3. The van der Waals surface area contributed by atoms with E-state index in [9.17, 15) is 9.59 Å². The maximum absolute atomic E-state index is 12.1. The SMILES string of the molecule is O=C(Cc1csc(NC(=O)c2ccccc2)n1)NCc1ccc(Cl)cc1. The Hall–Kier alpha value is -2.70. The molecule has 26 heavy (non-hydrogen) atoms. The summed E-state index contributed by atoms with van der Waals surface area (Å²) in [6.07, 6.45) is 0.158. The van der Waals surface area contributed by atoms with E-state index >= 15 is 0 Å². The summed E-state index contributed by atoms with van der Waals surface area (Å²) in [5, 5.41) is 8.48. The van der Waals surface area contributed by atoms with Crippen molar-refractivity contribution in [2.24, 2.45) is 0 Å². The van der Waals surface area contributed by atoms with Gasteiger partial charge >= 0.3 is 0 Å². The van der Waals surface area contributed by atoms with Crippen molar-refractivity contribution in [2.45, 2.75) is 13.0 Å². The summed E-state index contributed by atoms with van der Waals surface area (Å²) in [5.41, 5.74) is 2.15. The van der Waals surface area contributed by atoms with Crippen molar-refractivity contribution in [1.29, 1.82) is 0 Å². The Bertz CT molecular complexity index is 895. The Balaban J connectivity index is 1.50. The number of amides is 2. The molecule has 0 radical (unpaired) electrons. The zero-order valence-electron chi connectivity index (χ0n) is 13.7. The number of anilines is 1. The third kappa shape index (κ3) is 5.15. The van der Waals surface area contributed by atoms with Crippen LogP contribution in [0.2, 0.25) is 5.02 Å². The average molecular weight is 386 g/mol. The van der Waals surface area contributed by atoms with Gasteiger partial charge in [0.15, 0.2) is 5.13 Å². The van der Waals surface area contributed by atoms with Crippen LogP contribution in [0.25, 0.3) is 0 Å². The quantitative estimate of drug-likeness (QED) is 0.675. The zero-order chi connectivity index (χ0) is 18.4. The largest absolute Gasteiger partial charge is 0.352 e. The Labute approximate surface area is 160 Å². The number of thiazole rings is 1. The summed E-state index contributed by atoms with van der Waals surface area (Å²) in [7, 11) is 0. The molecule has 0 fully saturated rings. The molecule has 0 aliphatic heterocycles. The fourth-order valence-corrected chi connectivity index (χ4v) is 3.07. The third-order valence-corrected chi connectivity index (χ3v) is 4.61. The van der Waals surface area contributed by atoms with Crippen LogP contribution in [0, 0.1) is 0 Å². The van der Waals surface area contributed by atoms with E-state index < -0.39 is 0 Å². The van der Waals surface area contributed by atoms with Gasteiger partial charge in [0.25, 0.3) is 5.91 Å². The van der Waals surface area contributed by atoms with Gasteiger partial charge < -0.3 is 5.32 Å². The van der Waals surface area contributed by atoms with E-state index in [1.165, 1.54) is 11.3 Å². The van der Waals surface area contributed by atoms with Gasteiger partial charge in [0, 0.05) is 22.5 Å². The van der Waals surface area contributed by atoms with Crippen molar-refractivity contribution in [3.8, 4) is 0 Å². The molecule has 0 saturated carbocycles. The first-order chi connectivity index (χ1) is 12.6. The van der Waals surface area contributed by atoms with Crippen LogP contribution in [0.4, 0.5) is 5.13 Å². The number of carbonyl (C=O) groups is 2. The number of benzene rings is 2. The van der Waals surface area contributed by atoms with Crippen LogP contribution in [0.5, 0.6) is 0 Å². The number of nitrogens with one attached hydrogen (secondary N) is 2. The number of rotatable bonds is 6. The summed E-state index contributed by atoms with van der Waals surface area (Å²) in [4.78, 5) is 28.4. The number of hydrogen-bond donors (Lipinski definition) is 2. The second-order valence-electron chi connectivity index (χ2n) is 5.54. The minimum atomic E-state index is -0.223. The first kappa shape index (κ1) is 18.1. The molecule has 0 unspecified atom stereocenters. The molecule has 3 rings (SSSR count). The lowest BCUT2D eigenvalue weighted by Crippen LogP contribution is -2.24. The zero-order valence-corrected chi connectivity index (χ0v) is 15.3. The maximum atomic E-state index is 12.1. The van der Waals surface area contributed by atoms with E-state index in [-0.39, 0.29) is 18.2 Å². The van der Waals surface area contributed by atoms with Gasteiger partial charge in [-0.25, -0.2) is 4.98 Å². The first-order valence-corrected chi connectivity index (χ1v) is 9.18. The molecule has 0 spiro atoms. The molecule has 0 aliphatic rings. The van der Waals surface area contributed by atoms with Crippen molar-refractivity contribution in [1.82, 2.24) is 10.3 Å². The molecule has 7 heteroatoms. The van der Waals surface area contributed by atoms with E-state index in [1.807, 2.05) is 18.2 Å². The average Bonchev–Trinajstić information content (AvgIpc) is 3.08. The lowest BCUT2D eigenvalue weighted by atomic mass is 10.2. The van der Waals surface area contributed by atoms with Crippen LogP contribution in [0.1, 0.15) is 21.6 Å². The fourth-order valence-electron chi connectivity index (χ4n) is 2.23. The summed E-state index contributed by atoms with van der Waals surface area (Å²) in [6.45, 7) is 0.428. The van der Waals surface area contributed by atoms with Gasteiger partial charge in [-0.05, 0) is 29.8 Å². The van der Waals surface area contributed by atoms with E-state index in [4.69, 9.17) is 11.6 Å². The van der Waals surface area contributed by atoms with Crippen LogP contribution >= 0.6 is 22.9 Å². The van der Waals surface area contributed by atoms with Gasteiger partial charge in [0.2, 0.25) is 5.91 Å². The number of halogens is 1. The molecule has 132 valence electrons. The van der Waals surface area contributed by atoms with Crippen molar-refractivity contribution in [2.75, 3.05) is 5.32 Å². The predicted octanol–water partition coefficient (Wildman–Crippen LogP) is 3.91. The molecule has 0 atom stereocenters. The number of hydrogen-bond acceptors (Lipinski definition) is 4. The lowest BCUT2D eigenvalue weighted by Gasteiger charge is -2.04. The lowest BCUT2D eigenvalue weighted by molar-refractivity contribution is -0.120. The summed E-state index contributed by atoms with van der Waals surface area (Å²) >= 11 is 7.13. The molecule has 2 amide bonds. The first-order valence-electron chi connectivity index (χ1n) is 7.92. The van der Waals surface area contributed by atoms with Gasteiger partial charge in [-0.2, -0.15) is 0 Å². The van der Waals surface area contributed by atoms with E-state index in [1.54, 1.807) is 41.8 Å². The molecule has 0 bridgehead atoms. The number of carbonyl (C=O) groups excluding carboxylic acids is 2. The number of nitrogens with zero attached hydrogens (tertiary/aromatic N) is 1. The van der Waals surface area contributed by atoms with Crippen molar-refractivity contribution in [3.63, 3.8) is 0 Å². The summed E-state index contributed by atoms with van der Waals surface area (Å²) in [6, 6.07) is 16.2. The highest BCUT2D eigenvalue weighted by Crippen LogP contribution is 2.17. The smallest absolute Gasteiger partial charge is 0.257 e. The molecule has 2 aromatic carbocycles. The third-order valence-electron chi connectivity index (χ3n) is 3.55. The minimum absolute atomic E-state index is 0.133. The molecule has 1 heterocycles. The Morgan fingerprint density at radius 1 is 1.04 bits per heavy atom. The highest BCUT2D eigenvalue weighted by molar-refractivity contribution is 7.14. The molecule has 0 saturated heterocycles. The van der Waals surface area contributed by atoms with Crippen molar-refractivity contribution >= 4 is 39.9 Å². The van der Waals surface area contributed by atoms with Gasteiger partial charge in [0.1, 0.15) is 0 Å². The van der Waals surface area contributed by atoms with E-state index in [2.05, 4.69) is 15.6 Å². The van der Waals surface area contributed by atoms with Crippen LogP contribution in [-0.4, -0.2) is 16.8 Å². The Morgan fingerprint density at radius 2 is 1.77 bits per heavy atom. The minimum Gasteiger partial charge on any atom is -0.352 e. The maximum Gasteiger partial charge on any atom is 0.257 e. The molecule has 3 aromatic rings. The topological polar surface area (TPSA) is 71.1 Å². The van der Waals surface area contributed by atoms with Crippen molar-refractivity contribution in [3.05, 3.63) is 81.8 Å². The van der Waals surface area contributed by atoms with E-state index in [0.717, 1.165) is 5.56 Å².